The third-order valence-electron chi connectivity index (χ3n) is 5.09. The molecule has 2 aliphatic rings. The maximum absolute atomic E-state index is 13.1. The summed E-state index contributed by atoms with van der Waals surface area (Å²) >= 11 is 3.47. The van der Waals surface area contributed by atoms with Gasteiger partial charge in [-0.15, -0.1) is 0 Å². The highest BCUT2D eigenvalue weighted by Gasteiger charge is 2.51. The summed E-state index contributed by atoms with van der Waals surface area (Å²) < 4.78 is 6.05. The number of rotatable bonds is 2. The fourth-order valence-electron chi connectivity index (χ4n) is 3.75. The number of methoxy groups -OCH3 is 1. The van der Waals surface area contributed by atoms with Gasteiger partial charge in [0.25, 0.3) is 5.91 Å². The van der Waals surface area contributed by atoms with Gasteiger partial charge in [0.05, 0.1) is 29.1 Å². The average molecular weight is 376 g/mol. The first kappa shape index (κ1) is 14.8. The first-order chi connectivity index (χ1) is 11.2. The molecule has 120 valence electrons. The normalized spacial score (nSPS) is 18.4. The number of aromatic nitrogens is 2. The summed E-state index contributed by atoms with van der Waals surface area (Å²) in [6, 6.07) is 5.50. The van der Waals surface area contributed by atoms with E-state index in [-0.39, 0.29) is 11.4 Å². The van der Waals surface area contributed by atoms with Crippen LogP contribution in [0.5, 0.6) is 5.75 Å². The van der Waals surface area contributed by atoms with Crippen LogP contribution in [0.15, 0.2) is 29.0 Å². The van der Waals surface area contributed by atoms with E-state index in [0.717, 1.165) is 48.1 Å². The Morgan fingerprint density at radius 2 is 2.26 bits per heavy atom. The van der Waals surface area contributed by atoms with Crippen LogP contribution >= 0.6 is 15.9 Å². The number of ether oxygens (including phenoxy) is 1. The molecule has 4 rings (SSSR count). The molecule has 5 nitrogen and oxygen atoms in total. The summed E-state index contributed by atoms with van der Waals surface area (Å²) in [5, 5.41) is 0. The number of nitrogens with one attached hydrogen (secondary N) is 1. The largest absolute Gasteiger partial charge is 0.496 e. The number of benzene rings is 1. The first-order valence-electron chi connectivity index (χ1n) is 7.84. The molecule has 1 aliphatic carbocycles. The van der Waals surface area contributed by atoms with Crippen LogP contribution in [0.2, 0.25) is 0 Å². The van der Waals surface area contributed by atoms with Gasteiger partial charge in [-0.05, 0) is 53.4 Å². The maximum atomic E-state index is 13.1. The zero-order valence-corrected chi connectivity index (χ0v) is 14.5. The molecule has 0 bridgehead atoms. The van der Waals surface area contributed by atoms with Gasteiger partial charge in [-0.2, -0.15) is 0 Å². The van der Waals surface area contributed by atoms with Crippen molar-refractivity contribution in [2.75, 3.05) is 13.7 Å². The number of halogens is 1. The lowest BCUT2D eigenvalue weighted by molar-refractivity contribution is 0.00455. The van der Waals surface area contributed by atoms with Crippen LogP contribution in [0.4, 0.5) is 0 Å². The molecule has 1 spiro atoms. The lowest BCUT2D eigenvalue weighted by Crippen LogP contribution is -2.57. The molecule has 0 unspecified atom stereocenters. The summed E-state index contributed by atoms with van der Waals surface area (Å²) in [6.07, 6.45) is 5.72. The number of amides is 1. The highest BCUT2D eigenvalue weighted by atomic mass is 79.9. The number of carbonyl (C=O) groups excluding carboxylic acids is 1. The average Bonchev–Trinajstić information content (AvgIpc) is 3.00. The SMILES string of the molecule is COc1ccc(C(=O)N2CCc3[nH]cnc3C23CCC3)cc1Br. The Bertz CT molecular complexity index is 767. The molecule has 1 fully saturated rings. The van der Waals surface area contributed by atoms with E-state index >= 15 is 0 Å². The molecule has 0 radical (unpaired) electrons. The molecule has 1 amide bonds. The molecular weight excluding hydrogens is 358 g/mol. The van der Waals surface area contributed by atoms with E-state index in [9.17, 15) is 4.79 Å². The zero-order valence-electron chi connectivity index (χ0n) is 12.9. The summed E-state index contributed by atoms with van der Waals surface area (Å²) in [6.45, 7) is 0.734. The van der Waals surface area contributed by atoms with Crippen LogP contribution in [0.1, 0.15) is 41.0 Å². The molecule has 2 heterocycles. The summed E-state index contributed by atoms with van der Waals surface area (Å²) in [5.74, 6) is 0.801. The Morgan fingerprint density at radius 3 is 2.91 bits per heavy atom. The number of imidazole rings is 1. The van der Waals surface area contributed by atoms with E-state index in [1.54, 1.807) is 13.4 Å². The second kappa shape index (κ2) is 5.37. The van der Waals surface area contributed by atoms with Gasteiger partial charge < -0.3 is 14.6 Å². The number of nitrogens with zero attached hydrogens (tertiary/aromatic N) is 2. The van der Waals surface area contributed by atoms with Crippen molar-refractivity contribution >= 4 is 21.8 Å². The summed E-state index contributed by atoms with van der Waals surface area (Å²) in [7, 11) is 1.62. The zero-order chi connectivity index (χ0) is 16.0. The third kappa shape index (κ3) is 2.11. The van der Waals surface area contributed by atoms with Gasteiger partial charge in [-0.1, -0.05) is 0 Å². The highest BCUT2D eigenvalue weighted by molar-refractivity contribution is 9.10. The smallest absolute Gasteiger partial charge is 0.254 e. The van der Waals surface area contributed by atoms with Crippen LogP contribution in [0, 0.1) is 0 Å². The molecule has 1 aliphatic heterocycles. The van der Waals surface area contributed by atoms with Crippen molar-refractivity contribution in [1.29, 1.82) is 0 Å². The first-order valence-corrected chi connectivity index (χ1v) is 8.63. The Morgan fingerprint density at radius 1 is 1.43 bits per heavy atom. The molecule has 2 aromatic rings. The van der Waals surface area contributed by atoms with E-state index < -0.39 is 0 Å². The standard InChI is InChI=1S/C17H18BrN3O2/c1-23-14-4-3-11(9-12(14)18)16(22)21-8-5-13-15(20-10-19-13)17(21)6-2-7-17/h3-4,9-10H,2,5-8H2,1H3,(H,19,20). The molecule has 1 aromatic carbocycles. The van der Waals surface area contributed by atoms with Gasteiger partial charge in [-0.25, -0.2) is 4.98 Å². The molecule has 23 heavy (non-hydrogen) atoms. The minimum Gasteiger partial charge on any atom is -0.496 e. The van der Waals surface area contributed by atoms with Crippen molar-refractivity contribution in [1.82, 2.24) is 14.9 Å². The molecule has 0 saturated heterocycles. The van der Waals surface area contributed by atoms with Crippen LogP contribution < -0.4 is 4.74 Å². The number of carbonyl (C=O) groups is 1. The third-order valence-corrected chi connectivity index (χ3v) is 5.71. The molecule has 6 heteroatoms. The fraction of sp³-hybridized carbons (Fsp3) is 0.412. The number of fused-ring (bicyclic) bond motifs is 2. The number of aromatic amines is 1. The summed E-state index contributed by atoms with van der Waals surface area (Å²) in [4.78, 5) is 22.9. The minimum absolute atomic E-state index is 0.0710. The van der Waals surface area contributed by atoms with Gasteiger partial charge in [-0.3, -0.25) is 4.79 Å². The second-order valence-corrected chi connectivity index (χ2v) is 7.03. The van der Waals surface area contributed by atoms with E-state index in [1.807, 2.05) is 23.1 Å². The van der Waals surface area contributed by atoms with Crippen molar-refractivity contribution < 1.29 is 9.53 Å². The van der Waals surface area contributed by atoms with Gasteiger partial charge in [0.1, 0.15) is 5.75 Å². The highest BCUT2D eigenvalue weighted by Crippen LogP contribution is 2.49. The molecule has 1 aromatic heterocycles. The Kier molecular flexibility index (Phi) is 3.44. The van der Waals surface area contributed by atoms with Crippen LogP contribution in [-0.4, -0.2) is 34.4 Å². The quantitative estimate of drug-likeness (QED) is 0.876. The minimum atomic E-state index is -0.211. The van der Waals surface area contributed by atoms with Crippen LogP contribution in [-0.2, 0) is 12.0 Å². The van der Waals surface area contributed by atoms with Crippen molar-refractivity contribution in [3.05, 3.63) is 46.0 Å². The van der Waals surface area contributed by atoms with Crippen LogP contribution in [0.3, 0.4) is 0 Å². The van der Waals surface area contributed by atoms with Crippen molar-refractivity contribution in [2.45, 2.75) is 31.2 Å². The lowest BCUT2D eigenvalue weighted by Gasteiger charge is -2.52. The maximum Gasteiger partial charge on any atom is 0.254 e. The van der Waals surface area contributed by atoms with E-state index in [2.05, 4.69) is 25.9 Å². The van der Waals surface area contributed by atoms with E-state index in [4.69, 9.17) is 4.74 Å². The number of H-pyrrole nitrogens is 1. The summed E-state index contributed by atoms with van der Waals surface area (Å²) in [5.41, 5.74) is 2.72. The topological polar surface area (TPSA) is 58.2 Å². The monoisotopic (exact) mass is 375 g/mol. The molecule has 1 N–H and O–H groups in total. The van der Waals surface area contributed by atoms with Crippen molar-refractivity contribution in [3.63, 3.8) is 0 Å². The van der Waals surface area contributed by atoms with Gasteiger partial charge in [0.15, 0.2) is 0 Å². The number of hydrogen-bond acceptors (Lipinski definition) is 3. The Hall–Kier alpha value is -1.82. The Balaban J connectivity index is 1.70. The van der Waals surface area contributed by atoms with Gasteiger partial charge in [0, 0.05) is 24.2 Å². The predicted molar refractivity (Wildman–Crippen MR) is 89.6 cm³/mol. The van der Waals surface area contributed by atoms with Crippen LogP contribution in [0.25, 0.3) is 0 Å². The molecule has 1 saturated carbocycles. The molecule has 0 atom stereocenters. The van der Waals surface area contributed by atoms with Gasteiger partial charge in [0.2, 0.25) is 0 Å². The van der Waals surface area contributed by atoms with E-state index in [1.165, 1.54) is 5.69 Å². The second-order valence-electron chi connectivity index (χ2n) is 6.17. The predicted octanol–water partition coefficient (Wildman–Crippen LogP) is 3.26. The van der Waals surface area contributed by atoms with Gasteiger partial charge >= 0.3 is 0 Å². The van der Waals surface area contributed by atoms with Crippen molar-refractivity contribution in [2.24, 2.45) is 0 Å². The number of hydrogen-bond donors (Lipinski definition) is 1. The van der Waals surface area contributed by atoms with E-state index in [0.29, 0.717) is 5.56 Å². The van der Waals surface area contributed by atoms with Crippen molar-refractivity contribution in [3.8, 4) is 5.75 Å². The molecular formula is C17H18BrN3O2. The Labute approximate surface area is 143 Å². The lowest BCUT2D eigenvalue weighted by atomic mass is 9.70. The fourth-order valence-corrected chi connectivity index (χ4v) is 4.29.